The molecule has 0 atom stereocenters. The molecule has 1 aliphatic heterocycles. The number of rotatable bonds is 7. The third kappa shape index (κ3) is 4.59. The summed E-state index contributed by atoms with van der Waals surface area (Å²) < 4.78 is 5.59. The lowest BCUT2D eigenvalue weighted by molar-refractivity contribution is -0.137. The Morgan fingerprint density at radius 3 is 2.29 bits per heavy atom. The monoisotopic (exact) mass is 471 g/mol. The van der Waals surface area contributed by atoms with Crippen molar-refractivity contribution in [2.45, 2.75) is 18.8 Å². The van der Waals surface area contributed by atoms with E-state index in [1.54, 1.807) is 17.0 Å². The Kier molecular flexibility index (Phi) is 6.18. The van der Waals surface area contributed by atoms with Crippen LogP contribution in [0.25, 0.3) is 11.1 Å². The quantitative estimate of drug-likeness (QED) is 0.529. The van der Waals surface area contributed by atoms with Crippen LogP contribution in [-0.4, -0.2) is 52.7 Å². The topological polar surface area (TPSA) is 109 Å². The van der Waals surface area contributed by atoms with E-state index in [2.05, 4.69) is 34.6 Å². The second-order valence-electron chi connectivity index (χ2n) is 8.86. The number of benzene rings is 2. The van der Waals surface area contributed by atoms with E-state index in [-0.39, 0.29) is 42.2 Å². The van der Waals surface area contributed by atoms with Gasteiger partial charge in [0.25, 0.3) is 5.91 Å². The summed E-state index contributed by atoms with van der Waals surface area (Å²) in [6, 6.07) is 19.5. The summed E-state index contributed by atoms with van der Waals surface area (Å²) in [7, 11) is 0. The molecule has 0 bridgehead atoms. The van der Waals surface area contributed by atoms with Gasteiger partial charge in [-0.3, -0.25) is 14.9 Å². The van der Waals surface area contributed by atoms with E-state index in [4.69, 9.17) is 9.84 Å². The molecule has 1 fully saturated rings. The van der Waals surface area contributed by atoms with E-state index in [1.165, 1.54) is 6.20 Å². The van der Waals surface area contributed by atoms with Gasteiger partial charge in [0.2, 0.25) is 0 Å². The number of ether oxygens (including phenoxy) is 1. The van der Waals surface area contributed by atoms with E-state index in [9.17, 15) is 14.4 Å². The van der Waals surface area contributed by atoms with Crippen molar-refractivity contribution in [1.29, 1.82) is 0 Å². The van der Waals surface area contributed by atoms with Crippen LogP contribution < -0.4 is 5.32 Å². The number of amides is 2. The van der Waals surface area contributed by atoms with Gasteiger partial charge in [0, 0.05) is 31.6 Å². The van der Waals surface area contributed by atoms with Crippen LogP contribution in [0.3, 0.4) is 0 Å². The van der Waals surface area contributed by atoms with E-state index >= 15 is 0 Å². The first-order valence-electron chi connectivity index (χ1n) is 11.6. The molecule has 2 aliphatic rings. The number of anilines is 1. The van der Waals surface area contributed by atoms with Crippen molar-refractivity contribution in [3.63, 3.8) is 0 Å². The van der Waals surface area contributed by atoms with Crippen molar-refractivity contribution in [3.05, 3.63) is 83.7 Å². The van der Waals surface area contributed by atoms with Gasteiger partial charge in [-0.15, -0.1) is 0 Å². The lowest BCUT2D eigenvalue weighted by atomic mass is 9.94. The minimum Gasteiger partial charge on any atom is -0.481 e. The Morgan fingerprint density at radius 2 is 1.63 bits per heavy atom. The molecule has 0 saturated carbocycles. The average Bonchev–Trinajstić information content (AvgIpc) is 3.15. The molecule has 2 N–H and O–H groups in total. The van der Waals surface area contributed by atoms with Crippen LogP contribution in [0.1, 0.15) is 40.4 Å². The first kappa shape index (κ1) is 22.6. The molecule has 8 heteroatoms. The number of hydrogen-bond acceptors (Lipinski definition) is 5. The van der Waals surface area contributed by atoms with Gasteiger partial charge in [0.05, 0.1) is 5.69 Å². The Hall–Kier alpha value is -4.20. The van der Waals surface area contributed by atoms with Crippen LogP contribution in [0.4, 0.5) is 10.5 Å². The summed E-state index contributed by atoms with van der Waals surface area (Å²) in [6.45, 7) is 1.13. The number of aromatic nitrogens is 1. The number of carboxylic acids is 1. The third-order valence-electron chi connectivity index (χ3n) is 6.60. The SMILES string of the molecule is O=C(O)CCC1CN(C(=O)c2ncccc2NC(=O)OCC2c3ccccc3-c3ccccc32)C1. The van der Waals surface area contributed by atoms with Gasteiger partial charge in [-0.2, -0.15) is 0 Å². The maximum atomic E-state index is 12.9. The summed E-state index contributed by atoms with van der Waals surface area (Å²) in [5, 5.41) is 11.5. The first-order chi connectivity index (χ1) is 17.0. The number of carboxylic acid groups (broad SMARTS) is 1. The Labute approximate surface area is 202 Å². The molecule has 35 heavy (non-hydrogen) atoms. The van der Waals surface area contributed by atoms with Gasteiger partial charge in [-0.1, -0.05) is 48.5 Å². The largest absolute Gasteiger partial charge is 0.481 e. The van der Waals surface area contributed by atoms with Crippen molar-refractivity contribution in [2.24, 2.45) is 5.92 Å². The predicted molar refractivity (Wildman–Crippen MR) is 129 cm³/mol. The molecule has 2 aromatic carbocycles. The van der Waals surface area contributed by atoms with Crippen LogP contribution in [0, 0.1) is 5.92 Å². The highest BCUT2D eigenvalue weighted by Crippen LogP contribution is 2.44. The van der Waals surface area contributed by atoms with Crippen molar-refractivity contribution in [2.75, 3.05) is 25.0 Å². The number of likely N-dealkylation sites (tertiary alicyclic amines) is 1. The predicted octanol–water partition coefficient (Wildman–Crippen LogP) is 4.38. The molecule has 1 aliphatic carbocycles. The molecular weight excluding hydrogens is 446 g/mol. The van der Waals surface area contributed by atoms with Crippen LogP contribution in [-0.2, 0) is 9.53 Å². The van der Waals surface area contributed by atoms with Gasteiger partial charge >= 0.3 is 12.1 Å². The van der Waals surface area contributed by atoms with Gasteiger partial charge < -0.3 is 14.7 Å². The molecule has 0 unspecified atom stereocenters. The molecule has 0 radical (unpaired) electrons. The van der Waals surface area contributed by atoms with E-state index < -0.39 is 12.1 Å². The zero-order chi connectivity index (χ0) is 24.4. The number of pyridine rings is 1. The van der Waals surface area contributed by atoms with Crippen molar-refractivity contribution >= 4 is 23.7 Å². The van der Waals surface area contributed by atoms with Gasteiger partial charge in [-0.05, 0) is 46.7 Å². The summed E-state index contributed by atoms with van der Waals surface area (Å²) in [5.74, 6) is -1.04. The molecule has 178 valence electrons. The number of fused-ring (bicyclic) bond motifs is 3. The Balaban J connectivity index is 1.22. The number of carbonyl (C=O) groups is 3. The molecular formula is C27H25N3O5. The fraction of sp³-hybridized carbons (Fsp3) is 0.259. The van der Waals surface area contributed by atoms with E-state index in [0.717, 1.165) is 22.3 Å². The second-order valence-corrected chi connectivity index (χ2v) is 8.86. The van der Waals surface area contributed by atoms with E-state index in [1.807, 2.05) is 24.3 Å². The maximum absolute atomic E-state index is 12.9. The molecule has 1 saturated heterocycles. The van der Waals surface area contributed by atoms with Crippen LogP contribution >= 0.6 is 0 Å². The molecule has 5 rings (SSSR count). The van der Waals surface area contributed by atoms with Crippen LogP contribution in [0.5, 0.6) is 0 Å². The second kappa shape index (κ2) is 9.58. The van der Waals surface area contributed by atoms with Gasteiger partial charge in [0.1, 0.15) is 6.61 Å². The van der Waals surface area contributed by atoms with Crippen LogP contribution in [0.2, 0.25) is 0 Å². The lowest BCUT2D eigenvalue weighted by Crippen LogP contribution is -2.50. The summed E-state index contributed by atoms with van der Waals surface area (Å²) in [6.07, 6.45) is 1.46. The molecule has 8 nitrogen and oxygen atoms in total. The normalized spacial score (nSPS) is 14.6. The van der Waals surface area contributed by atoms with Crippen molar-refractivity contribution < 1.29 is 24.2 Å². The highest BCUT2D eigenvalue weighted by atomic mass is 16.5. The Bertz CT molecular complexity index is 1240. The number of carbonyl (C=O) groups excluding carboxylic acids is 2. The summed E-state index contributed by atoms with van der Waals surface area (Å²) in [4.78, 5) is 42.1. The van der Waals surface area contributed by atoms with Crippen molar-refractivity contribution in [3.8, 4) is 11.1 Å². The molecule has 3 aromatic rings. The number of nitrogens with one attached hydrogen (secondary N) is 1. The van der Waals surface area contributed by atoms with E-state index in [0.29, 0.717) is 19.5 Å². The van der Waals surface area contributed by atoms with Crippen molar-refractivity contribution in [1.82, 2.24) is 9.88 Å². The molecule has 0 spiro atoms. The average molecular weight is 472 g/mol. The standard InChI is InChI=1S/C27H25N3O5/c31-24(32)12-11-17-14-30(15-17)26(33)25-23(10-5-13-28-25)29-27(34)35-16-22-20-8-3-1-6-18(20)19-7-2-4-9-21(19)22/h1-10,13,17,22H,11-12,14-16H2,(H,29,34)(H,31,32). The Morgan fingerprint density at radius 1 is 0.971 bits per heavy atom. The highest BCUT2D eigenvalue weighted by molar-refractivity contribution is 6.01. The minimum absolute atomic E-state index is 0.0630. The number of nitrogens with zero attached hydrogens (tertiary/aromatic N) is 2. The first-order valence-corrected chi connectivity index (χ1v) is 11.6. The van der Waals surface area contributed by atoms with Gasteiger partial charge in [-0.25, -0.2) is 9.78 Å². The lowest BCUT2D eigenvalue weighted by Gasteiger charge is -2.39. The zero-order valence-corrected chi connectivity index (χ0v) is 19.0. The number of hydrogen-bond donors (Lipinski definition) is 2. The highest BCUT2D eigenvalue weighted by Gasteiger charge is 2.33. The fourth-order valence-electron chi connectivity index (χ4n) is 4.82. The smallest absolute Gasteiger partial charge is 0.411 e. The molecule has 2 heterocycles. The summed E-state index contributed by atoms with van der Waals surface area (Å²) in [5.41, 5.74) is 4.95. The summed E-state index contributed by atoms with van der Waals surface area (Å²) >= 11 is 0. The fourth-order valence-corrected chi connectivity index (χ4v) is 4.82. The molecule has 1 aromatic heterocycles. The number of aliphatic carboxylic acids is 1. The zero-order valence-electron chi connectivity index (χ0n) is 19.0. The molecule has 2 amide bonds. The maximum Gasteiger partial charge on any atom is 0.411 e. The van der Waals surface area contributed by atoms with Gasteiger partial charge in [0.15, 0.2) is 5.69 Å². The minimum atomic E-state index is -0.839. The third-order valence-corrected chi connectivity index (χ3v) is 6.60. The van der Waals surface area contributed by atoms with Crippen LogP contribution in [0.15, 0.2) is 66.9 Å².